The molecule has 2 aliphatic heterocycles. The molecule has 4 rings (SSSR count). The molecule has 3 fully saturated rings. The summed E-state index contributed by atoms with van der Waals surface area (Å²) in [5.74, 6) is 0.114. The highest BCUT2D eigenvalue weighted by molar-refractivity contribution is 5.92. The van der Waals surface area contributed by atoms with Crippen LogP contribution in [0.15, 0.2) is 30.3 Å². The Morgan fingerprint density at radius 2 is 1.85 bits per heavy atom. The van der Waals surface area contributed by atoms with Crippen molar-refractivity contribution in [1.29, 1.82) is 0 Å². The van der Waals surface area contributed by atoms with Gasteiger partial charge in [0, 0.05) is 6.54 Å². The largest absolute Gasteiger partial charge is 0.445 e. The van der Waals surface area contributed by atoms with Gasteiger partial charge in [-0.1, -0.05) is 69.4 Å². The fourth-order valence-electron chi connectivity index (χ4n) is 6.02. The molecule has 2 heterocycles. The molecule has 9 heteroatoms. The molecule has 0 aromatic heterocycles. The van der Waals surface area contributed by atoms with Crippen molar-refractivity contribution in [2.45, 2.75) is 109 Å². The average molecular weight is 543 g/mol. The Bertz CT molecular complexity index is 954. The van der Waals surface area contributed by atoms with Gasteiger partial charge in [0.2, 0.25) is 5.91 Å². The van der Waals surface area contributed by atoms with E-state index in [-0.39, 0.29) is 24.5 Å². The molecule has 4 atom stereocenters. The van der Waals surface area contributed by atoms with Crippen LogP contribution in [0.4, 0.5) is 4.79 Å². The van der Waals surface area contributed by atoms with Crippen molar-refractivity contribution < 1.29 is 24.0 Å². The first-order valence-corrected chi connectivity index (χ1v) is 14.9. The molecular weight excluding hydrogens is 496 g/mol. The summed E-state index contributed by atoms with van der Waals surface area (Å²) in [5.41, 5.74) is 6.89. The standard InChI is InChI=1S/C30H46N4O5/c1-3-22(2)38-30(37)34-27-21-32(19-17-23-12-6-4-7-13-23)28(35)25(16-10-11-18-31)33(27)29(36)26(39-34)20-24-14-8-5-9-15-24/h4,6-7,12-13,22,24-27H,3,5,8-11,14-21,31H2,1-2H3/t22-,25-,26+,27?/m0/s1. The third-order valence-electron chi connectivity index (χ3n) is 8.45. The van der Waals surface area contributed by atoms with E-state index in [4.69, 9.17) is 15.3 Å². The summed E-state index contributed by atoms with van der Waals surface area (Å²) in [6.07, 6.45) is 7.11. The third kappa shape index (κ3) is 7.31. The molecule has 1 unspecified atom stereocenters. The zero-order valence-corrected chi connectivity index (χ0v) is 23.6. The first-order valence-electron chi connectivity index (χ1n) is 14.9. The lowest BCUT2D eigenvalue weighted by molar-refractivity contribution is -0.270. The van der Waals surface area contributed by atoms with Gasteiger partial charge in [-0.05, 0) is 63.5 Å². The van der Waals surface area contributed by atoms with Gasteiger partial charge >= 0.3 is 6.09 Å². The highest BCUT2D eigenvalue weighted by atomic mass is 16.7. The number of hydrogen-bond acceptors (Lipinski definition) is 6. The number of nitrogens with zero attached hydrogens (tertiary/aromatic N) is 3. The predicted molar refractivity (Wildman–Crippen MR) is 148 cm³/mol. The van der Waals surface area contributed by atoms with Gasteiger partial charge in [-0.25, -0.2) is 4.79 Å². The van der Waals surface area contributed by atoms with Crippen molar-refractivity contribution >= 4 is 17.9 Å². The summed E-state index contributed by atoms with van der Waals surface area (Å²) < 4.78 is 5.69. The van der Waals surface area contributed by atoms with Gasteiger partial charge in [-0.3, -0.25) is 14.4 Å². The molecule has 3 aliphatic rings. The first kappa shape index (κ1) is 29.3. The van der Waals surface area contributed by atoms with Gasteiger partial charge in [0.15, 0.2) is 12.3 Å². The summed E-state index contributed by atoms with van der Waals surface area (Å²) in [7, 11) is 0. The van der Waals surface area contributed by atoms with E-state index in [2.05, 4.69) is 0 Å². The number of ether oxygens (including phenoxy) is 1. The van der Waals surface area contributed by atoms with Crippen molar-refractivity contribution in [1.82, 2.24) is 14.9 Å². The Labute approximate surface area is 232 Å². The number of hydroxylamine groups is 2. The van der Waals surface area contributed by atoms with Gasteiger partial charge in [0.05, 0.1) is 6.54 Å². The Kier molecular flexibility index (Phi) is 10.6. The predicted octanol–water partition coefficient (Wildman–Crippen LogP) is 4.24. The van der Waals surface area contributed by atoms with Gasteiger partial charge in [0.25, 0.3) is 5.91 Å². The number of rotatable bonds is 11. The van der Waals surface area contributed by atoms with E-state index in [1.54, 1.807) is 9.80 Å². The average Bonchev–Trinajstić information content (AvgIpc) is 2.95. The molecule has 2 N–H and O–H groups in total. The molecule has 3 amide bonds. The van der Waals surface area contributed by atoms with E-state index in [1.165, 1.54) is 11.5 Å². The van der Waals surface area contributed by atoms with Crippen molar-refractivity contribution in [3.8, 4) is 0 Å². The van der Waals surface area contributed by atoms with Crippen LogP contribution in [-0.2, 0) is 25.6 Å². The highest BCUT2D eigenvalue weighted by Gasteiger charge is 2.53. The Hall–Kier alpha value is -2.65. The van der Waals surface area contributed by atoms with Crippen LogP contribution in [-0.4, -0.2) is 76.8 Å². The smallest absolute Gasteiger partial charge is 0.436 e. The second-order valence-electron chi connectivity index (χ2n) is 11.3. The molecule has 0 spiro atoms. The van der Waals surface area contributed by atoms with Crippen LogP contribution >= 0.6 is 0 Å². The van der Waals surface area contributed by atoms with E-state index < -0.39 is 24.4 Å². The maximum Gasteiger partial charge on any atom is 0.436 e. The Morgan fingerprint density at radius 1 is 1.10 bits per heavy atom. The minimum atomic E-state index is -0.797. The lowest BCUT2D eigenvalue weighted by atomic mass is 9.85. The normalized spacial score (nSPS) is 25.0. The number of hydrogen-bond donors (Lipinski definition) is 1. The summed E-state index contributed by atoms with van der Waals surface area (Å²) in [4.78, 5) is 50.9. The van der Waals surface area contributed by atoms with Gasteiger partial charge in [-0.15, -0.1) is 0 Å². The summed E-state index contributed by atoms with van der Waals surface area (Å²) >= 11 is 0. The highest BCUT2D eigenvalue weighted by Crippen LogP contribution is 2.35. The van der Waals surface area contributed by atoms with Crippen LogP contribution in [0.1, 0.15) is 83.6 Å². The zero-order chi connectivity index (χ0) is 27.8. The Balaban J connectivity index is 1.61. The molecule has 216 valence electrons. The number of carbonyl (C=O) groups is 3. The third-order valence-corrected chi connectivity index (χ3v) is 8.45. The lowest BCUT2D eigenvalue weighted by Crippen LogP contribution is -2.73. The van der Waals surface area contributed by atoms with Gasteiger partial charge < -0.3 is 20.3 Å². The SMILES string of the molecule is CC[C@H](C)OC(=O)N1O[C@H](CC2CCCCC2)C(=O)N2C1CN(CCc1ccccc1)C(=O)[C@@H]2CCCCN. The second-order valence-corrected chi connectivity index (χ2v) is 11.3. The maximum atomic E-state index is 14.0. The van der Waals surface area contributed by atoms with Crippen LogP contribution in [0.2, 0.25) is 0 Å². The molecule has 1 aliphatic carbocycles. The van der Waals surface area contributed by atoms with Crippen molar-refractivity contribution in [2.24, 2.45) is 11.7 Å². The summed E-state index contributed by atoms with van der Waals surface area (Å²) in [6, 6.07) is 9.36. The number of piperazine rings is 1. The van der Waals surface area contributed by atoms with Crippen LogP contribution in [0, 0.1) is 5.92 Å². The van der Waals surface area contributed by atoms with E-state index in [1.807, 2.05) is 44.2 Å². The van der Waals surface area contributed by atoms with Crippen molar-refractivity contribution in [3.63, 3.8) is 0 Å². The number of carbonyl (C=O) groups excluding carboxylic acids is 3. The number of amides is 3. The molecule has 0 bridgehead atoms. The molecule has 2 saturated heterocycles. The van der Waals surface area contributed by atoms with E-state index in [9.17, 15) is 14.4 Å². The van der Waals surface area contributed by atoms with Crippen LogP contribution in [0.25, 0.3) is 0 Å². The molecule has 1 aromatic carbocycles. The molecule has 1 aromatic rings. The topological polar surface area (TPSA) is 105 Å². The molecular formula is C30H46N4O5. The second kappa shape index (κ2) is 14.1. The lowest BCUT2D eigenvalue weighted by Gasteiger charge is -2.53. The molecule has 0 radical (unpaired) electrons. The van der Waals surface area contributed by atoms with Crippen molar-refractivity contribution in [2.75, 3.05) is 19.6 Å². The maximum absolute atomic E-state index is 14.0. The minimum Gasteiger partial charge on any atom is -0.445 e. The fraction of sp³-hybridized carbons (Fsp3) is 0.700. The zero-order valence-electron chi connectivity index (χ0n) is 23.6. The van der Waals surface area contributed by atoms with E-state index in [0.717, 1.165) is 44.1 Å². The van der Waals surface area contributed by atoms with Crippen molar-refractivity contribution in [3.05, 3.63) is 35.9 Å². The van der Waals surface area contributed by atoms with Gasteiger partial charge in [-0.2, -0.15) is 5.06 Å². The number of benzene rings is 1. The first-order chi connectivity index (χ1) is 18.9. The van der Waals surface area contributed by atoms with E-state index >= 15 is 0 Å². The minimum absolute atomic E-state index is 0.0684. The molecule has 9 nitrogen and oxygen atoms in total. The van der Waals surface area contributed by atoms with Gasteiger partial charge in [0.1, 0.15) is 12.1 Å². The molecule has 39 heavy (non-hydrogen) atoms. The van der Waals surface area contributed by atoms with Crippen LogP contribution < -0.4 is 5.73 Å². The van der Waals surface area contributed by atoms with E-state index in [0.29, 0.717) is 44.7 Å². The monoisotopic (exact) mass is 542 g/mol. The number of fused-ring (bicyclic) bond motifs is 1. The molecule has 1 saturated carbocycles. The van der Waals surface area contributed by atoms with Crippen LogP contribution in [0.5, 0.6) is 0 Å². The summed E-state index contributed by atoms with van der Waals surface area (Å²) in [6.45, 7) is 5.01. The number of unbranched alkanes of at least 4 members (excludes halogenated alkanes) is 1. The number of nitrogens with two attached hydrogens (primary N) is 1. The quantitative estimate of drug-likeness (QED) is 0.419. The van der Waals surface area contributed by atoms with Crippen LogP contribution in [0.3, 0.4) is 0 Å². The summed E-state index contributed by atoms with van der Waals surface area (Å²) in [5, 5.41) is 1.26. The fourth-order valence-corrected chi connectivity index (χ4v) is 6.02. The Morgan fingerprint density at radius 3 is 2.54 bits per heavy atom.